The summed E-state index contributed by atoms with van der Waals surface area (Å²) < 4.78 is 11.3. The monoisotopic (exact) mass is 314 g/mol. The molecule has 0 amide bonds. The van der Waals surface area contributed by atoms with Gasteiger partial charge in [0, 0.05) is 10.9 Å². The summed E-state index contributed by atoms with van der Waals surface area (Å²) in [5, 5.41) is 4.63. The first-order valence-electron chi connectivity index (χ1n) is 7.95. The average Bonchev–Trinajstić information content (AvgIpc) is 2.66. The zero-order valence-corrected chi connectivity index (χ0v) is 13.7. The van der Waals surface area contributed by atoms with E-state index in [1.165, 1.54) is 10.8 Å². The summed E-state index contributed by atoms with van der Waals surface area (Å²) in [6.45, 7) is 0. The van der Waals surface area contributed by atoms with Gasteiger partial charge in [0.05, 0.1) is 14.2 Å². The number of ether oxygens (including phenoxy) is 2. The summed E-state index contributed by atoms with van der Waals surface area (Å²) in [6.07, 6.45) is 0. The summed E-state index contributed by atoms with van der Waals surface area (Å²) in [5.74, 6) is 1.74. The van der Waals surface area contributed by atoms with Crippen LogP contribution < -0.4 is 9.47 Å². The van der Waals surface area contributed by atoms with E-state index in [0.717, 1.165) is 33.4 Å². The second-order valence-electron chi connectivity index (χ2n) is 5.73. The van der Waals surface area contributed by atoms with Crippen LogP contribution in [0, 0.1) is 0 Å². The maximum atomic E-state index is 5.69. The van der Waals surface area contributed by atoms with Crippen molar-refractivity contribution in [3.8, 4) is 22.6 Å². The maximum absolute atomic E-state index is 5.69. The number of hydrogen-bond acceptors (Lipinski definition) is 2. The Morgan fingerprint density at radius 3 is 2.08 bits per heavy atom. The third-order valence-corrected chi connectivity index (χ3v) is 4.47. The van der Waals surface area contributed by atoms with E-state index in [4.69, 9.17) is 9.47 Å². The third kappa shape index (κ3) is 2.19. The van der Waals surface area contributed by atoms with E-state index >= 15 is 0 Å². The predicted octanol–water partition coefficient (Wildman–Crippen LogP) is 5.68. The van der Waals surface area contributed by atoms with Crippen molar-refractivity contribution in [2.24, 2.45) is 0 Å². The van der Waals surface area contributed by atoms with E-state index in [0.29, 0.717) is 0 Å². The van der Waals surface area contributed by atoms with Crippen LogP contribution in [0.5, 0.6) is 11.5 Å². The van der Waals surface area contributed by atoms with Crippen LogP contribution in [0.4, 0.5) is 0 Å². The van der Waals surface area contributed by atoms with Crippen LogP contribution in [0.25, 0.3) is 32.7 Å². The smallest absolute Gasteiger partial charge is 0.127 e. The number of hydrogen-bond donors (Lipinski definition) is 0. The van der Waals surface area contributed by atoms with E-state index in [1.807, 2.05) is 18.2 Å². The molecular weight excluding hydrogens is 296 g/mol. The molecule has 4 aromatic carbocycles. The van der Waals surface area contributed by atoms with Gasteiger partial charge in [-0.25, -0.2) is 0 Å². The van der Waals surface area contributed by atoms with Crippen molar-refractivity contribution in [3.05, 3.63) is 72.8 Å². The van der Waals surface area contributed by atoms with Crippen LogP contribution >= 0.6 is 0 Å². The Morgan fingerprint density at radius 1 is 0.583 bits per heavy atom. The van der Waals surface area contributed by atoms with Crippen LogP contribution in [0.2, 0.25) is 0 Å². The van der Waals surface area contributed by atoms with Crippen LogP contribution in [0.1, 0.15) is 0 Å². The van der Waals surface area contributed by atoms with Gasteiger partial charge in [-0.15, -0.1) is 0 Å². The quantitative estimate of drug-likeness (QED) is 0.484. The molecular formula is C22H18O2. The fraction of sp³-hybridized carbons (Fsp3) is 0.0909. The molecule has 0 fully saturated rings. The SMILES string of the molecule is COc1ccc2ccccc2c1-c1cccc2cccc(OC)c12. The maximum Gasteiger partial charge on any atom is 0.127 e. The van der Waals surface area contributed by atoms with Crippen LogP contribution in [0.15, 0.2) is 72.8 Å². The first-order valence-corrected chi connectivity index (χ1v) is 7.95. The van der Waals surface area contributed by atoms with Gasteiger partial charge in [-0.1, -0.05) is 60.7 Å². The summed E-state index contributed by atoms with van der Waals surface area (Å²) >= 11 is 0. The predicted molar refractivity (Wildman–Crippen MR) is 100.0 cm³/mol. The first-order chi connectivity index (χ1) is 11.8. The van der Waals surface area contributed by atoms with Gasteiger partial charge in [-0.2, -0.15) is 0 Å². The highest BCUT2D eigenvalue weighted by Gasteiger charge is 2.15. The van der Waals surface area contributed by atoms with Crippen molar-refractivity contribution < 1.29 is 9.47 Å². The minimum absolute atomic E-state index is 0.868. The molecule has 2 heteroatoms. The lowest BCUT2D eigenvalue weighted by Gasteiger charge is -2.16. The van der Waals surface area contributed by atoms with Gasteiger partial charge in [-0.3, -0.25) is 0 Å². The molecule has 0 unspecified atom stereocenters. The second-order valence-corrected chi connectivity index (χ2v) is 5.73. The Bertz CT molecular complexity index is 1030. The van der Waals surface area contributed by atoms with Crippen molar-refractivity contribution in [1.82, 2.24) is 0 Å². The van der Waals surface area contributed by atoms with Gasteiger partial charge in [-0.05, 0) is 33.9 Å². The Morgan fingerprint density at radius 2 is 1.29 bits per heavy atom. The van der Waals surface area contributed by atoms with Crippen molar-refractivity contribution in [3.63, 3.8) is 0 Å². The number of methoxy groups -OCH3 is 2. The molecule has 0 saturated heterocycles. The Hall–Kier alpha value is -3.00. The second kappa shape index (κ2) is 5.89. The lowest BCUT2D eigenvalue weighted by molar-refractivity contribution is 0.416. The minimum Gasteiger partial charge on any atom is -0.496 e. The third-order valence-electron chi connectivity index (χ3n) is 4.47. The molecule has 0 atom stereocenters. The van der Waals surface area contributed by atoms with Crippen LogP contribution in [-0.4, -0.2) is 14.2 Å². The topological polar surface area (TPSA) is 18.5 Å². The van der Waals surface area contributed by atoms with Gasteiger partial charge < -0.3 is 9.47 Å². The molecule has 0 aliphatic rings. The molecule has 0 aromatic heterocycles. The van der Waals surface area contributed by atoms with Gasteiger partial charge in [0.1, 0.15) is 11.5 Å². The zero-order chi connectivity index (χ0) is 16.5. The van der Waals surface area contributed by atoms with Crippen LogP contribution in [-0.2, 0) is 0 Å². The normalized spacial score (nSPS) is 10.9. The summed E-state index contributed by atoms with van der Waals surface area (Å²) in [4.78, 5) is 0. The fourth-order valence-electron chi connectivity index (χ4n) is 3.38. The summed E-state index contributed by atoms with van der Waals surface area (Å²) in [5.41, 5.74) is 2.23. The first kappa shape index (κ1) is 14.6. The molecule has 0 aliphatic carbocycles. The van der Waals surface area contributed by atoms with Crippen molar-refractivity contribution in [1.29, 1.82) is 0 Å². The minimum atomic E-state index is 0.868. The highest BCUT2D eigenvalue weighted by atomic mass is 16.5. The molecule has 0 saturated carbocycles. The average molecular weight is 314 g/mol. The fourth-order valence-corrected chi connectivity index (χ4v) is 3.38. The van der Waals surface area contributed by atoms with E-state index in [9.17, 15) is 0 Å². The molecule has 0 bridgehead atoms. The van der Waals surface area contributed by atoms with Gasteiger partial charge in [0.25, 0.3) is 0 Å². The van der Waals surface area contributed by atoms with Gasteiger partial charge in [0.15, 0.2) is 0 Å². The van der Waals surface area contributed by atoms with Crippen LogP contribution in [0.3, 0.4) is 0 Å². The number of fused-ring (bicyclic) bond motifs is 2. The zero-order valence-electron chi connectivity index (χ0n) is 13.7. The van der Waals surface area contributed by atoms with Gasteiger partial charge >= 0.3 is 0 Å². The summed E-state index contributed by atoms with van der Waals surface area (Å²) in [6, 6.07) is 25.0. The van der Waals surface area contributed by atoms with Crippen molar-refractivity contribution in [2.75, 3.05) is 14.2 Å². The van der Waals surface area contributed by atoms with E-state index < -0.39 is 0 Å². The lowest BCUT2D eigenvalue weighted by Crippen LogP contribution is -1.92. The van der Waals surface area contributed by atoms with E-state index in [-0.39, 0.29) is 0 Å². The van der Waals surface area contributed by atoms with E-state index in [2.05, 4.69) is 54.6 Å². The Kier molecular flexibility index (Phi) is 3.58. The Balaban J connectivity index is 2.18. The Labute approximate surface area is 141 Å². The molecule has 118 valence electrons. The number of rotatable bonds is 3. The molecule has 0 N–H and O–H groups in total. The van der Waals surface area contributed by atoms with Crippen molar-refractivity contribution in [2.45, 2.75) is 0 Å². The summed E-state index contributed by atoms with van der Waals surface area (Å²) in [7, 11) is 3.43. The molecule has 2 nitrogen and oxygen atoms in total. The molecule has 0 heterocycles. The van der Waals surface area contributed by atoms with Crippen molar-refractivity contribution >= 4 is 21.5 Å². The molecule has 0 spiro atoms. The highest BCUT2D eigenvalue weighted by molar-refractivity contribution is 6.09. The number of benzene rings is 4. The van der Waals surface area contributed by atoms with E-state index in [1.54, 1.807) is 14.2 Å². The van der Waals surface area contributed by atoms with Gasteiger partial charge in [0.2, 0.25) is 0 Å². The standard InChI is InChI=1S/C22H18O2/c1-23-19-12-6-9-16-8-5-11-18(21(16)19)22-17-10-4-3-7-15(17)13-14-20(22)24-2/h3-14H,1-2H3. The molecule has 4 aromatic rings. The lowest BCUT2D eigenvalue weighted by atomic mass is 9.92. The largest absolute Gasteiger partial charge is 0.496 e. The molecule has 0 aliphatic heterocycles. The molecule has 0 radical (unpaired) electrons. The molecule has 4 rings (SSSR count). The highest BCUT2D eigenvalue weighted by Crippen LogP contribution is 2.42. The molecule has 24 heavy (non-hydrogen) atoms.